The molecule has 0 aliphatic carbocycles. The number of aryl methyl sites for hydroxylation is 2. The SMILES string of the molecule is Cc1cc(C)n(C)c(=O)c1C(=O)N1CCCCCCCCN(C(=O)CC(C)C)c2ccccc2C1. The summed E-state index contributed by atoms with van der Waals surface area (Å²) in [6.07, 6.45) is 6.74. The van der Waals surface area contributed by atoms with Crippen LogP contribution < -0.4 is 10.5 Å². The highest BCUT2D eigenvalue weighted by atomic mass is 16.2. The number of anilines is 1. The number of pyridine rings is 1. The molecule has 0 unspecified atom stereocenters. The van der Waals surface area contributed by atoms with Crippen LogP contribution in [0.5, 0.6) is 0 Å². The molecule has 2 heterocycles. The van der Waals surface area contributed by atoms with Crippen molar-refractivity contribution in [2.45, 2.75) is 79.2 Å². The summed E-state index contributed by atoms with van der Waals surface area (Å²) in [5, 5.41) is 0. The molecule has 0 N–H and O–H groups in total. The molecule has 3 rings (SSSR count). The van der Waals surface area contributed by atoms with Gasteiger partial charge in [0.15, 0.2) is 0 Å². The minimum atomic E-state index is -0.252. The highest BCUT2D eigenvalue weighted by molar-refractivity contribution is 5.96. The molecule has 0 spiro atoms. The van der Waals surface area contributed by atoms with Crippen molar-refractivity contribution in [3.05, 3.63) is 63.1 Å². The summed E-state index contributed by atoms with van der Waals surface area (Å²) in [6.45, 7) is 9.49. The maximum atomic E-state index is 13.8. The molecule has 35 heavy (non-hydrogen) atoms. The monoisotopic (exact) mass is 479 g/mol. The van der Waals surface area contributed by atoms with Crippen LogP contribution in [0.15, 0.2) is 35.1 Å². The molecule has 0 fully saturated rings. The average molecular weight is 480 g/mol. The molecular weight excluding hydrogens is 438 g/mol. The first kappa shape index (κ1) is 26.7. The highest BCUT2D eigenvalue weighted by Gasteiger charge is 2.25. The predicted molar refractivity (Wildman–Crippen MR) is 142 cm³/mol. The van der Waals surface area contributed by atoms with Gasteiger partial charge in [0.25, 0.3) is 11.5 Å². The average Bonchev–Trinajstić information content (AvgIpc) is 2.82. The van der Waals surface area contributed by atoms with Crippen molar-refractivity contribution in [2.75, 3.05) is 18.0 Å². The largest absolute Gasteiger partial charge is 0.334 e. The Balaban J connectivity index is 2.03. The lowest BCUT2D eigenvalue weighted by molar-refractivity contribution is -0.119. The third-order valence-corrected chi connectivity index (χ3v) is 6.96. The van der Waals surface area contributed by atoms with E-state index < -0.39 is 0 Å². The first-order valence-corrected chi connectivity index (χ1v) is 13.1. The van der Waals surface area contributed by atoms with Crippen molar-refractivity contribution in [1.82, 2.24) is 9.47 Å². The lowest BCUT2D eigenvalue weighted by Gasteiger charge is -2.29. The van der Waals surface area contributed by atoms with E-state index in [0.29, 0.717) is 31.6 Å². The predicted octanol–water partition coefficient (Wildman–Crippen LogP) is 5.38. The number of aromatic nitrogens is 1. The van der Waals surface area contributed by atoms with Gasteiger partial charge < -0.3 is 14.4 Å². The summed E-state index contributed by atoms with van der Waals surface area (Å²) in [6, 6.07) is 9.81. The zero-order valence-corrected chi connectivity index (χ0v) is 22.1. The topological polar surface area (TPSA) is 62.6 Å². The number of nitrogens with zero attached hydrogens (tertiary/aromatic N) is 3. The van der Waals surface area contributed by atoms with Crippen LogP contribution in [0, 0.1) is 19.8 Å². The number of amides is 2. The van der Waals surface area contributed by atoms with Crippen LogP contribution in [-0.2, 0) is 18.4 Å². The van der Waals surface area contributed by atoms with Gasteiger partial charge in [-0.3, -0.25) is 14.4 Å². The van der Waals surface area contributed by atoms with Crippen molar-refractivity contribution in [1.29, 1.82) is 0 Å². The summed E-state index contributed by atoms with van der Waals surface area (Å²) in [7, 11) is 1.71. The minimum absolute atomic E-state index is 0.128. The zero-order chi connectivity index (χ0) is 25.5. The summed E-state index contributed by atoms with van der Waals surface area (Å²) >= 11 is 0. The molecular formula is C29H41N3O3. The van der Waals surface area contributed by atoms with Crippen LogP contribution in [0.1, 0.15) is 86.0 Å². The fraction of sp³-hybridized carbons (Fsp3) is 0.552. The standard InChI is InChI=1S/C29H41N3O3/c1-21(2)18-26(33)32-17-13-9-7-6-8-12-16-31(20-24-14-10-11-15-25(24)32)29(35)27-22(3)19-23(4)30(5)28(27)34/h10-11,14-15,19,21H,6-9,12-13,16-18,20H2,1-5H3. The Morgan fingerprint density at radius 3 is 2.26 bits per heavy atom. The van der Waals surface area contributed by atoms with E-state index in [-0.39, 0.29) is 28.9 Å². The van der Waals surface area contributed by atoms with Gasteiger partial charge in [0, 0.05) is 44.5 Å². The van der Waals surface area contributed by atoms with E-state index in [4.69, 9.17) is 0 Å². The molecule has 0 saturated heterocycles. The van der Waals surface area contributed by atoms with E-state index in [2.05, 4.69) is 13.8 Å². The molecule has 1 aromatic heterocycles. The molecule has 190 valence electrons. The minimum Gasteiger partial charge on any atom is -0.334 e. The van der Waals surface area contributed by atoms with E-state index in [1.54, 1.807) is 16.5 Å². The summed E-state index contributed by atoms with van der Waals surface area (Å²) in [4.78, 5) is 43.8. The first-order chi connectivity index (χ1) is 16.7. The Labute approximate surface area is 209 Å². The summed E-state index contributed by atoms with van der Waals surface area (Å²) in [5.74, 6) is 0.175. The van der Waals surface area contributed by atoms with Crippen molar-refractivity contribution in [3.63, 3.8) is 0 Å². The molecule has 1 aromatic carbocycles. The number of carbonyl (C=O) groups excluding carboxylic acids is 2. The van der Waals surface area contributed by atoms with Gasteiger partial charge in [-0.15, -0.1) is 0 Å². The number of hydrogen-bond acceptors (Lipinski definition) is 3. The summed E-state index contributed by atoms with van der Waals surface area (Å²) < 4.78 is 1.54. The fourth-order valence-corrected chi connectivity index (χ4v) is 4.88. The molecule has 6 nitrogen and oxygen atoms in total. The van der Waals surface area contributed by atoms with E-state index in [9.17, 15) is 14.4 Å². The Bertz CT molecular complexity index is 1100. The summed E-state index contributed by atoms with van der Waals surface area (Å²) in [5.41, 5.74) is 3.35. The van der Waals surface area contributed by atoms with E-state index in [1.807, 2.05) is 49.1 Å². The maximum Gasteiger partial charge on any atom is 0.263 e. The molecule has 1 aliphatic rings. The van der Waals surface area contributed by atoms with Crippen LogP contribution in [0.3, 0.4) is 0 Å². The van der Waals surface area contributed by atoms with Gasteiger partial charge in [-0.25, -0.2) is 0 Å². The number of para-hydroxylation sites is 1. The fourth-order valence-electron chi connectivity index (χ4n) is 4.88. The lowest BCUT2D eigenvalue weighted by Crippen LogP contribution is -2.39. The molecule has 2 aromatic rings. The van der Waals surface area contributed by atoms with Crippen molar-refractivity contribution in [3.8, 4) is 0 Å². The highest BCUT2D eigenvalue weighted by Crippen LogP contribution is 2.26. The molecule has 6 heteroatoms. The van der Waals surface area contributed by atoms with Crippen LogP contribution in [0.4, 0.5) is 5.69 Å². The van der Waals surface area contributed by atoms with E-state index in [1.165, 1.54) is 0 Å². The smallest absolute Gasteiger partial charge is 0.263 e. The molecule has 0 saturated carbocycles. The Morgan fingerprint density at radius 1 is 0.943 bits per heavy atom. The van der Waals surface area contributed by atoms with Crippen molar-refractivity contribution in [2.24, 2.45) is 13.0 Å². The quantitative estimate of drug-likeness (QED) is 0.594. The van der Waals surface area contributed by atoms with Gasteiger partial charge in [0.1, 0.15) is 5.56 Å². The van der Waals surface area contributed by atoms with Crippen LogP contribution in [-0.4, -0.2) is 34.4 Å². The first-order valence-electron chi connectivity index (χ1n) is 13.1. The number of rotatable bonds is 3. The van der Waals surface area contributed by atoms with Gasteiger partial charge in [-0.05, 0) is 55.9 Å². The second-order valence-corrected chi connectivity index (χ2v) is 10.3. The molecule has 2 amide bonds. The van der Waals surface area contributed by atoms with Gasteiger partial charge in [-0.2, -0.15) is 0 Å². The number of benzene rings is 1. The normalized spacial score (nSPS) is 15.7. The van der Waals surface area contributed by atoms with Crippen LogP contribution in [0.25, 0.3) is 0 Å². The van der Waals surface area contributed by atoms with Gasteiger partial charge in [0.05, 0.1) is 0 Å². The zero-order valence-electron chi connectivity index (χ0n) is 22.1. The Morgan fingerprint density at radius 2 is 1.57 bits per heavy atom. The number of hydrogen-bond donors (Lipinski definition) is 0. The third-order valence-electron chi connectivity index (χ3n) is 6.96. The molecule has 0 bridgehead atoms. The van der Waals surface area contributed by atoms with Crippen LogP contribution in [0.2, 0.25) is 0 Å². The van der Waals surface area contributed by atoms with Gasteiger partial charge in [-0.1, -0.05) is 57.7 Å². The second-order valence-electron chi connectivity index (χ2n) is 10.3. The number of carbonyl (C=O) groups is 2. The maximum absolute atomic E-state index is 13.8. The molecule has 1 aliphatic heterocycles. The number of fused-ring (bicyclic) bond motifs is 1. The Hall–Kier alpha value is -2.89. The lowest BCUT2D eigenvalue weighted by atomic mass is 10.1. The second kappa shape index (κ2) is 12.2. The third kappa shape index (κ3) is 6.62. The van der Waals surface area contributed by atoms with Crippen LogP contribution >= 0.6 is 0 Å². The van der Waals surface area contributed by atoms with E-state index >= 15 is 0 Å². The van der Waals surface area contributed by atoms with Gasteiger partial charge in [0.2, 0.25) is 5.91 Å². The van der Waals surface area contributed by atoms with E-state index in [0.717, 1.165) is 55.5 Å². The molecule has 0 atom stereocenters. The van der Waals surface area contributed by atoms with Crippen molar-refractivity contribution >= 4 is 17.5 Å². The molecule has 0 radical (unpaired) electrons. The van der Waals surface area contributed by atoms with Crippen molar-refractivity contribution < 1.29 is 9.59 Å². The Kier molecular flexibility index (Phi) is 9.30. The van der Waals surface area contributed by atoms with Gasteiger partial charge >= 0.3 is 0 Å².